The third-order valence-corrected chi connectivity index (χ3v) is 5.12. The summed E-state index contributed by atoms with van der Waals surface area (Å²) in [5, 5.41) is 13.1. The van der Waals surface area contributed by atoms with Crippen molar-refractivity contribution in [2.75, 3.05) is 18.8 Å². The minimum Gasteiger partial charge on any atom is -0.350 e. The summed E-state index contributed by atoms with van der Waals surface area (Å²) >= 11 is 0. The maximum absolute atomic E-state index is 12.2. The molecule has 130 valence electrons. The monoisotopic (exact) mass is 368 g/mol. The zero-order valence-electron chi connectivity index (χ0n) is 13.2. The molecular formula is C16H21ClN4O2S. The number of amides is 1. The summed E-state index contributed by atoms with van der Waals surface area (Å²) in [4.78, 5) is 12.2. The number of benzene rings is 1. The molecule has 0 fully saturated rings. The lowest BCUT2D eigenvalue weighted by Crippen LogP contribution is -2.30. The molecule has 1 amide bonds. The van der Waals surface area contributed by atoms with Gasteiger partial charge in [-0.3, -0.25) is 14.1 Å². The SMILES string of the molecule is Cl.O=C(NCCS(=O)Cc1ccccc1)c1n[nH]c2c1CNCC2. The third-order valence-electron chi connectivity index (χ3n) is 3.81. The predicted molar refractivity (Wildman–Crippen MR) is 96.7 cm³/mol. The molecule has 1 aliphatic rings. The van der Waals surface area contributed by atoms with Crippen LogP contribution < -0.4 is 10.6 Å². The molecule has 8 heteroatoms. The molecule has 0 bridgehead atoms. The number of aromatic nitrogens is 2. The summed E-state index contributed by atoms with van der Waals surface area (Å²) in [6, 6.07) is 9.72. The van der Waals surface area contributed by atoms with Crippen LogP contribution in [0.15, 0.2) is 30.3 Å². The fraction of sp³-hybridized carbons (Fsp3) is 0.375. The Balaban J connectivity index is 0.00000208. The molecule has 2 aromatic rings. The first-order valence-electron chi connectivity index (χ1n) is 7.68. The molecule has 3 N–H and O–H groups in total. The van der Waals surface area contributed by atoms with Crippen LogP contribution in [0.1, 0.15) is 27.3 Å². The van der Waals surface area contributed by atoms with Gasteiger partial charge in [-0.15, -0.1) is 12.4 Å². The number of fused-ring (bicyclic) bond motifs is 1. The summed E-state index contributed by atoms with van der Waals surface area (Å²) < 4.78 is 12.0. The quantitative estimate of drug-likeness (QED) is 0.714. The molecule has 1 aromatic carbocycles. The molecule has 1 atom stereocenters. The highest BCUT2D eigenvalue weighted by atomic mass is 35.5. The first-order chi connectivity index (χ1) is 11.2. The van der Waals surface area contributed by atoms with Gasteiger partial charge in [0.15, 0.2) is 5.69 Å². The summed E-state index contributed by atoms with van der Waals surface area (Å²) in [6.07, 6.45) is 0.858. The van der Waals surface area contributed by atoms with Crippen molar-refractivity contribution >= 4 is 29.1 Å². The van der Waals surface area contributed by atoms with Crippen LogP contribution in [-0.2, 0) is 29.5 Å². The lowest BCUT2D eigenvalue weighted by molar-refractivity contribution is 0.0950. The van der Waals surface area contributed by atoms with E-state index in [-0.39, 0.29) is 18.3 Å². The van der Waals surface area contributed by atoms with Gasteiger partial charge in [0.2, 0.25) is 0 Å². The number of H-pyrrole nitrogens is 1. The number of nitrogens with one attached hydrogen (secondary N) is 3. The smallest absolute Gasteiger partial charge is 0.272 e. The van der Waals surface area contributed by atoms with Crippen LogP contribution in [0.5, 0.6) is 0 Å². The minimum atomic E-state index is -0.991. The van der Waals surface area contributed by atoms with Crippen LogP contribution in [-0.4, -0.2) is 39.2 Å². The van der Waals surface area contributed by atoms with Gasteiger partial charge in [0, 0.05) is 59.6 Å². The maximum Gasteiger partial charge on any atom is 0.272 e. The van der Waals surface area contributed by atoms with E-state index in [2.05, 4.69) is 20.8 Å². The number of aromatic amines is 1. The van der Waals surface area contributed by atoms with Gasteiger partial charge < -0.3 is 10.6 Å². The van der Waals surface area contributed by atoms with Crippen molar-refractivity contribution in [2.24, 2.45) is 0 Å². The van der Waals surface area contributed by atoms with Gasteiger partial charge in [-0.05, 0) is 5.56 Å². The Morgan fingerprint density at radius 3 is 2.88 bits per heavy atom. The number of nitrogens with zero attached hydrogens (tertiary/aromatic N) is 1. The summed E-state index contributed by atoms with van der Waals surface area (Å²) in [6.45, 7) is 1.94. The van der Waals surface area contributed by atoms with Gasteiger partial charge in [-0.25, -0.2) is 0 Å². The molecule has 0 aliphatic carbocycles. The standard InChI is InChI=1S/C16H20N4O2S.ClH/c21-16(15-13-10-17-7-6-14(13)19-20-15)18-8-9-23(22)11-12-4-2-1-3-5-12;/h1-5,17H,6-11H2,(H,18,21)(H,19,20);1H. The maximum atomic E-state index is 12.2. The first kappa shape index (κ1) is 18.6. The Hall–Kier alpha value is -1.70. The van der Waals surface area contributed by atoms with E-state index in [9.17, 15) is 9.00 Å². The van der Waals surface area contributed by atoms with Crippen LogP contribution in [0, 0.1) is 0 Å². The number of rotatable bonds is 6. The predicted octanol–water partition coefficient (Wildman–Crippen LogP) is 1.16. The molecule has 1 unspecified atom stereocenters. The van der Waals surface area contributed by atoms with Crippen molar-refractivity contribution in [2.45, 2.75) is 18.7 Å². The molecule has 6 nitrogen and oxygen atoms in total. The highest BCUT2D eigenvalue weighted by Gasteiger charge is 2.21. The van der Waals surface area contributed by atoms with E-state index in [4.69, 9.17) is 0 Å². The number of halogens is 1. The average Bonchev–Trinajstić information content (AvgIpc) is 3.00. The fourth-order valence-corrected chi connectivity index (χ4v) is 3.65. The molecule has 24 heavy (non-hydrogen) atoms. The third kappa shape index (κ3) is 4.66. The molecule has 1 aliphatic heterocycles. The van der Waals surface area contributed by atoms with E-state index in [1.165, 1.54) is 0 Å². The molecule has 0 saturated heterocycles. The lowest BCUT2D eigenvalue weighted by atomic mass is 10.1. The van der Waals surface area contributed by atoms with Crippen molar-refractivity contribution in [3.63, 3.8) is 0 Å². The first-order valence-corrected chi connectivity index (χ1v) is 9.17. The lowest BCUT2D eigenvalue weighted by Gasteiger charge is -2.12. The van der Waals surface area contributed by atoms with Gasteiger partial charge in [0.05, 0.1) is 0 Å². The van der Waals surface area contributed by atoms with Crippen LogP contribution in [0.25, 0.3) is 0 Å². The summed E-state index contributed by atoms with van der Waals surface area (Å²) in [5.74, 6) is 0.743. The normalized spacial score (nSPS) is 14.3. The van der Waals surface area contributed by atoms with Crippen molar-refractivity contribution in [3.05, 3.63) is 52.8 Å². The largest absolute Gasteiger partial charge is 0.350 e. The minimum absolute atomic E-state index is 0. The van der Waals surface area contributed by atoms with E-state index in [0.29, 0.717) is 30.3 Å². The van der Waals surface area contributed by atoms with E-state index in [1.54, 1.807) is 0 Å². The molecule has 1 aromatic heterocycles. The molecule has 0 spiro atoms. The van der Waals surface area contributed by atoms with Crippen molar-refractivity contribution < 1.29 is 9.00 Å². The Morgan fingerprint density at radius 2 is 2.08 bits per heavy atom. The van der Waals surface area contributed by atoms with Crippen LogP contribution in [0.4, 0.5) is 0 Å². The second-order valence-corrected chi connectivity index (χ2v) is 7.06. The number of carbonyl (C=O) groups is 1. The van der Waals surface area contributed by atoms with Crippen LogP contribution in [0.2, 0.25) is 0 Å². The summed E-state index contributed by atoms with van der Waals surface area (Å²) in [7, 11) is -0.991. The van der Waals surface area contributed by atoms with Gasteiger partial charge in [0.1, 0.15) is 0 Å². The topological polar surface area (TPSA) is 86.9 Å². The van der Waals surface area contributed by atoms with Crippen molar-refractivity contribution in [1.82, 2.24) is 20.8 Å². The summed E-state index contributed by atoms with van der Waals surface area (Å²) in [5.41, 5.74) is 3.46. The molecule has 3 rings (SSSR count). The second kappa shape index (κ2) is 8.96. The van der Waals surface area contributed by atoms with Gasteiger partial charge in [0.25, 0.3) is 5.91 Å². The molecule has 0 radical (unpaired) electrons. The zero-order chi connectivity index (χ0) is 16.1. The Morgan fingerprint density at radius 1 is 1.29 bits per heavy atom. The van der Waals surface area contributed by atoms with Crippen molar-refractivity contribution in [3.8, 4) is 0 Å². The Bertz CT molecular complexity index is 705. The number of hydrogen-bond acceptors (Lipinski definition) is 4. The van der Waals surface area contributed by atoms with Gasteiger partial charge in [-0.2, -0.15) is 5.10 Å². The van der Waals surface area contributed by atoms with Crippen LogP contribution in [0.3, 0.4) is 0 Å². The highest BCUT2D eigenvalue weighted by Crippen LogP contribution is 2.14. The molecule has 0 saturated carbocycles. The molecular weight excluding hydrogens is 348 g/mol. The van der Waals surface area contributed by atoms with E-state index < -0.39 is 10.8 Å². The van der Waals surface area contributed by atoms with Gasteiger partial charge in [-0.1, -0.05) is 30.3 Å². The Kier molecular flexibility index (Phi) is 6.96. The van der Waals surface area contributed by atoms with E-state index in [0.717, 1.165) is 29.8 Å². The Labute approximate surface area is 149 Å². The average molecular weight is 369 g/mol. The molecule has 2 heterocycles. The number of carbonyl (C=O) groups excluding carboxylic acids is 1. The zero-order valence-corrected chi connectivity index (χ0v) is 14.8. The number of hydrogen-bond donors (Lipinski definition) is 3. The van der Waals surface area contributed by atoms with Crippen LogP contribution >= 0.6 is 12.4 Å². The van der Waals surface area contributed by atoms with Crippen molar-refractivity contribution in [1.29, 1.82) is 0 Å². The van der Waals surface area contributed by atoms with E-state index >= 15 is 0 Å². The van der Waals surface area contributed by atoms with E-state index in [1.807, 2.05) is 30.3 Å². The highest BCUT2D eigenvalue weighted by molar-refractivity contribution is 7.84. The fourth-order valence-electron chi connectivity index (χ4n) is 2.61. The van der Waals surface area contributed by atoms with Gasteiger partial charge >= 0.3 is 0 Å². The second-order valence-electron chi connectivity index (χ2n) is 5.49.